The van der Waals surface area contributed by atoms with E-state index in [0.29, 0.717) is 12.5 Å². The molecule has 1 amide bonds. The number of hydrogen-bond donors (Lipinski definition) is 1. The predicted molar refractivity (Wildman–Crippen MR) is 77.8 cm³/mol. The minimum Gasteiger partial charge on any atom is -0.345 e. The first-order valence-corrected chi connectivity index (χ1v) is 7.22. The number of carbonyl (C=O) groups is 1. The van der Waals surface area contributed by atoms with Gasteiger partial charge in [0.2, 0.25) is 5.91 Å². The molecule has 0 radical (unpaired) electrons. The van der Waals surface area contributed by atoms with E-state index in [9.17, 15) is 4.79 Å². The van der Waals surface area contributed by atoms with Crippen molar-refractivity contribution in [3.63, 3.8) is 0 Å². The van der Waals surface area contributed by atoms with Crippen LogP contribution in [0, 0.1) is 5.92 Å². The van der Waals surface area contributed by atoms with Crippen molar-refractivity contribution in [1.82, 2.24) is 4.90 Å². The van der Waals surface area contributed by atoms with Crippen LogP contribution in [0.15, 0.2) is 30.3 Å². The molecule has 0 aromatic heterocycles. The van der Waals surface area contributed by atoms with Crippen molar-refractivity contribution in [2.75, 3.05) is 20.1 Å². The standard InChI is InChI=1S/C16H24N2O/c1-18(12-13-7-5-6-8-13)16(19)15(11-17)14-9-3-2-4-10-14/h2-4,9-10,13,15H,5-8,11-12,17H2,1H3. The van der Waals surface area contributed by atoms with Gasteiger partial charge in [-0.3, -0.25) is 4.79 Å². The van der Waals surface area contributed by atoms with Gasteiger partial charge in [-0.1, -0.05) is 43.2 Å². The summed E-state index contributed by atoms with van der Waals surface area (Å²) >= 11 is 0. The Morgan fingerprint density at radius 3 is 2.53 bits per heavy atom. The minimum atomic E-state index is -0.201. The Hall–Kier alpha value is -1.35. The van der Waals surface area contributed by atoms with E-state index in [1.54, 1.807) is 0 Å². The van der Waals surface area contributed by atoms with Gasteiger partial charge in [0.15, 0.2) is 0 Å². The quantitative estimate of drug-likeness (QED) is 0.883. The fourth-order valence-corrected chi connectivity index (χ4v) is 3.00. The lowest BCUT2D eigenvalue weighted by Crippen LogP contribution is -2.37. The Balaban J connectivity index is 1.99. The predicted octanol–water partition coefficient (Wildman–Crippen LogP) is 2.38. The highest BCUT2D eigenvalue weighted by atomic mass is 16.2. The lowest BCUT2D eigenvalue weighted by molar-refractivity contribution is -0.131. The van der Waals surface area contributed by atoms with Crippen LogP contribution in [0.4, 0.5) is 0 Å². The molecule has 1 fully saturated rings. The fraction of sp³-hybridized carbons (Fsp3) is 0.562. The smallest absolute Gasteiger partial charge is 0.231 e. The number of hydrogen-bond acceptors (Lipinski definition) is 2. The summed E-state index contributed by atoms with van der Waals surface area (Å²) in [6.45, 7) is 1.25. The van der Waals surface area contributed by atoms with Crippen molar-refractivity contribution in [3.8, 4) is 0 Å². The Morgan fingerprint density at radius 1 is 1.32 bits per heavy atom. The van der Waals surface area contributed by atoms with Gasteiger partial charge >= 0.3 is 0 Å². The van der Waals surface area contributed by atoms with E-state index in [-0.39, 0.29) is 11.8 Å². The van der Waals surface area contributed by atoms with Gasteiger partial charge < -0.3 is 10.6 Å². The first-order chi connectivity index (χ1) is 9.22. The summed E-state index contributed by atoms with van der Waals surface area (Å²) in [6, 6.07) is 9.85. The van der Waals surface area contributed by atoms with E-state index in [4.69, 9.17) is 5.73 Å². The lowest BCUT2D eigenvalue weighted by Gasteiger charge is -2.25. The third-order valence-electron chi connectivity index (χ3n) is 4.12. The summed E-state index contributed by atoms with van der Waals surface area (Å²) in [7, 11) is 1.91. The van der Waals surface area contributed by atoms with E-state index in [0.717, 1.165) is 12.1 Å². The molecule has 0 bridgehead atoms. The number of likely N-dealkylation sites (N-methyl/N-ethyl adjacent to an activating group) is 1. The second-order valence-electron chi connectivity index (χ2n) is 5.57. The third-order valence-corrected chi connectivity index (χ3v) is 4.12. The molecule has 19 heavy (non-hydrogen) atoms. The molecule has 1 unspecified atom stereocenters. The van der Waals surface area contributed by atoms with Gasteiger partial charge in [0.05, 0.1) is 5.92 Å². The molecule has 2 rings (SSSR count). The number of carbonyl (C=O) groups excluding carboxylic acids is 1. The highest BCUT2D eigenvalue weighted by Crippen LogP contribution is 2.26. The number of nitrogens with two attached hydrogens (primary N) is 1. The second kappa shape index (κ2) is 6.71. The second-order valence-corrected chi connectivity index (χ2v) is 5.57. The topological polar surface area (TPSA) is 46.3 Å². The highest BCUT2D eigenvalue weighted by molar-refractivity contribution is 5.83. The van der Waals surface area contributed by atoms with Crippen molar-refractivity contribution in [1.29, 1.82) is 0 Å². The molecule has 0 heterocycles. The average molecular weight is 260 g/mol. The van der Waals surface area contributed by atoms with E-state index in [1.807, 2.05) is 42.3 Å². The molecule has 1 atom stereocenters. The van der Waals surface area contributed by atoms with E-state index in [2.05, 4.69) is 0 Å². The number of rotatable bonds is 5. The van der Waals surface area contributed by atoms with Crippen molar-refractivity contribution in [2.45, 2.75) is 31.6 Å². The molecule has 0 spiro atoms. The van der Waals surface area contributed by atoms with Crippen molar-refractivity contribution < 1.29 is 4.79 Å². The van der Waals surface area contributed by atoms with E-state index in [1.165, 1.54) is 25.7 Å². The first kappa shape index (κ1) is 14.1. The first-order valence-electron chi connectivity index (χ1n) is 7.22. The Bertz CT molecular complexity index is 398. The summed E-state index contributed by atoms with van der Waals surface area (Å²) in [5.41, 5.74) is 6.83. The average Bonchev–Trinajstić information content (AvgIpc) is 2.93. The van der Waals surface area contributed by atoms with Crippen LogP contribution in [0.5, 0.6) is 0 Å². The number of amides is 1. The number of nitrogens with zero attached hydrogens (tertiary/aromatic N) is 1. The molecular formula is C16H24N2O. The molecule has 104 valence electrons. The summed E-state index contributed by atoms with van der Waals surface area (Å²) in [5, 5.41) is 0. The monoisotopic (exact) mass is 260 g/mol. The van der Waals surface area contributed by atoms with Gasteiger partial charge in [-0.25, -0.2) is 0 Å². The van der Waals surface area contributed by atoms with Crippen LogP contribution in [-0.2, 0) is 4.79 Å². The summed E-state index contributed by atoms with van der Waals surface area (Å²) in [6.07, 6.45) is 5.14. The fourth-order valence-electron chi connectivity index (χ4n) is 3.00. The minimum absolute atomic E-state index is 0.153. The lowest BCUT2D eigenvalue weighted by atomic mass is 9.97. The molecule has 3 nitrogen and oxygen atoms in total. The van der Waals surface area contributed by atoms with Gasteiger partial charge in [-0.05, 0) is 24.3 Å². The zero-order valence-electron chi connectivity index (χ0n) is 11.7. The van der Waals surface area contributed by atoms with Gasteiger partial charge in [0, 0.05) is 20.1 Å². The summed E-state index contributed by atoms with van der Waals surface area (Å²) in [4.78, 5) is 14.4. The van der Waals surface area contributed by atoms with Gasteiger partial charge in [-0.15, -0.1) is 0 Å². The highest BCUT2D eigenvalue weighted by Gasteiger charge is 2.25. The van der Waals surface area contributed by atoms with Gasteiger partial charge in [0.1, 0.15) is 0 Å². The third kappa shape index (κ3) is 3.57. The molecule has 3 heteroatoms. The largest absolute Gasteiger partial charge is 0.345 e. The molecule has 0 saturated heterocycles. The van der Waals surface area contributed by atoms with Gasteiger partial charge in [-0.2, -0.15) is 0 Å². The van der Waals surface area contributed by atoms with Crippen molar-refractivity contribution >= 4 is 5.91 Å². The van der Waals surface area contributed by atoms with Gasteiger partial charge in [0.25, 0.3) is 0 Å². The van der Waals surface area contributed by atoms with Crippen molar-refractivity contribution in [3.05, 3.63) is 35.9 Å². The molecule has 1 aromatic carbocycles. The molecule has 0 aliphatic heterocycles. The molecular weight excluding hydrogens is 236 g/mol. The molecule has 1 saturated carbocycles. The molecule has 1 aromatic rings. The normalized spacial score (nSPS) is 17.4. The number of benzene rings is 1. The van der Waals surface area contributed by atoms with Crippen LogP contribution in [-0.4, -0.2) is 30.9 Å². The Labute approximate surface area is 115 Å². The van der Waals surface area contributed by atoms with E-state index < -0.39 is 0 Å². The zero-order valence-corrected chi connectivity index (χ0v) is 11.7. The zero-order chi connectivity index (χ0) is 13.7. The summed E-state index contributed by atoms with van der Waals surface area (Å²) < 4.78 is 0. The Kier molecular flexibility index (Phi) is 4.97. The van der Waals surface area contributed by atoms with Crippen LogP contribution in [0.3, 0.4) is 0 Å². The molecule has 1 aliphatic rings. The maximum absolute atomic E-state index is 12.5. The van der Waals surface area contributed by atoms with Crippen LogP contribution < -0.4 is 5.73 Å². The molecule has 2 N–H and O–H groups in total. The maximum atomic E-state index is 12.5. The van der Waals surface area contributed by atoms with Crippen LogP contribution in [0.25, 0.3) is 0 Å². The Morgan fingerprint density at radius 2 is 1.95 bits per heavy atom. The maximum Gasteiger partial charge on any atom is 0.231 e. The summed E-state index contributed by atoms with van der Waals surface area (Å²) in [5.74, 6) is 0.636. The van der Waals surface area contributed by atoms with Crippen LogP contribution in [0.2, 0.25) is 0 Å². The van der Waals surface area contributed by atoms with Crippen LogP contribution >= 0.6 is 0 Å². The van der Waals surface area contributed by atoms with Crippen molar-refractivity contribution in [2.24, 2.45) is 11.7 Å². The van der Waals surface area contributed by atoms with E-state index >= 15 is 0 Å². The molecule has 1 aliphatic carbocycles. The SMILES string of the molecule is CN(CC1CCCC1)C(=O)C(CN)c1ccccc1. The van der Waals surface area contributed by atoms with Crippen LogP contribution in [0.1, 0.15) is 37.2 Å².